The lowest BCUT2D eigenvalue weighted by Gasteiger charge is -2.17. The van der Waals surface area contributed by atoms with E-state index in [1.165, 1.54) is 5.56 Å². The molecule has 0 atom stereocenters. The fourth-order valence-electron chi connectivity index (χ4n) is 1.52. The smallest absolute Gasteiger partial charge is 0.0635 e. The summed E-state index contributed by atoms with van der Waals surface area (Å²) in [6.45, 7) is 5.00. The third-order valence-electron chi connectivity index (χ3n) is 2.46. The number of hydrogen-bond donors (Lipinski definition) is 0. The molecule has 1 rings (SSSR count). The molecular weight excluding hydrogens is 188 g/mol. The molecule has 1 aromatic rings. The Kier molecular flexibility index (Phi) is 4.85. The van der Waals surface area contributed by atoms with Gasteiger partial charge in [-0.2, -0.15) is 10.4 Å². The van der Waals surface area contributed by atoms with E-state index in [-0.39, 0.29) is 0 Å². The van der Waals surface area contributed by atoms with Gasteiger partial charge in [0.15, 0.2) is 0 Å². The van der Waals surface area contributed by atoms with Gasteiger partial charge in [-0.3, -0.25) is 4.68 Å². The summed E-state index contributed by atoms with van der Waals surface area (Å²) < 4.78 is 1.82. The van der Waals surface area contributed by atoms with Crippen LogP contribution in [0.25, 0.3) is 0 Å². The van der Waals surface area contributed by atoms with E-state index in [1.54, 1.807) is 0 Å². The van der Waals surface area contributed by atoms with Crippen molar-refractivity contribution >= 4 is 0 Å². The van der Waals surface area contributed by atoms with Gasteiger partial charge in [0.25, 0.3) is 0 Å². The van der Waals surface area contributed by atoms with Crippen molar-refractivity contribution in [3.05, 3.63) is 18.0 Å². The van der Waals surface area contributed by atoms with E-state index in [9.17, 15) is 0 Å². The predicted molar refractivity (Wildman–Crippen MR) is 59.3 cm³/mol. The molecule has 82 valence electrons. The standard InChI is InChI=1S/C11H18N4/c1-3-15(7-4-6-12)8-5-11-9-13-14(2)10-11/h9-10H,3-5,7-8H2,1-2H3. The van der Waals surface area contributed by atoms with Gasteiger partial charge in [-0.05, 0) is 18.5 Å². The van der Waals surface area contributed by atoms with Gasteiger partial charge in [0.05, 0.1) is 12.3 Å². The van der Waals surface area contributed by atoms with Gasteiger partial charge in [0.1, 0.15) is 0 Å². The zero-order valence-electron chi connectivity index (χ0n) is 9.48. The van der Waals surface area contributed by atoms with Crippen LogP contribution in [0.1, 0.15) is 18.9 Å². The molecule has 0 saturated carbocycles. The Morgan fingerprint density at radius 3 is 2.87 bits per heavy atom. The van der Waals surface area contributed by atoms with E-state index in [4.69, 9.17) is 5.26 Å². The molecule has 0 aliphatic rings. The highest BCUT2D eigenvalue weighted by Crippen LogP contribution is 2.00. The SMILES string of the molecule is CCN(CCC#N)CCc1cnn(C)c1. The number of nitrogens with zero attached hydrogens (tertiary/aromatic N) is 4. The van der Waals surface area contributed by atoms with Crippen LogP contribution in [-0.4, -0.2) is 34.3 Å². The number of aryl methyl sites for hydroxylation is 1. The summed E-state index contributed by atoms with van der Waals surface area (Å²) in [6.07, 6.45) is 5.56. The molecule has 0 amide bonds. The molecule has 0 saturated heterocycles. The van der Waals surface area contributed by atoms with E-state index < -0.39 is 0 Å². The van der Waals surface area contributed by atoms with Gasteiger partial charge < -0.3 is 4.90 Å². The normalized spacial score (nSPS) is 10.5. The Labute approximate surface area is 91.1 Å². The molecule has 0 bridgehead atoms. The lowest BCUT2D eigenvalue weighted by Crippen LogP contribution is -2.26. The number of likely N-dealkylation sites (N-methyl/N-ethyl adjacent to an activating group) is 1. The van der Waals surface area contributed by atoms with Gasteiger partial charge in [0, 0.05) is 32.8 Å². The molecule has 0 aliphatic carbocycles. The monoisotopic (exact) mass is 206 g/mol. The summed E-state index contributed by atoms with van der Waals surface area (Å²) in [5.74, 6) is 0. The maximum Gasteiger partial charge on any atom is 0.0635 e. The van der Waals surface area contributed by atoms with Crippen LogP contribution < -0.4 is 0 Å². The lowest BCUT2D eigenvalue weighted by atomic mass is 10.2. The minimum atomic E-state index is 0.612. The first kappa shape index (κ1) is 11.7. The first-order valence-electron chi connectivity index (χ1n) is 5.33. The Bertz CT molecular complexity index is 324. The molecule has 1 aromatic heterocycles. The van der Waals surface area contributed by atoms with Crippen molar-refractivity contribution in [3.8, 4) is 6.07 Å². The fourth-order valence-corrected chi connectivity index (χ4v) is 1.52. The van der Waals surface area contributed by atoms with Crippen molar-refractivity contribution in [2.24, 2.45) is 7.05 Å². The minimum absolute atomic E-state index is 0.612. The van der Waals surface area contributed by atoms with Crippen molar-refractivity contribution in [2.45, 2.75) is 19.8 Å². The molecule has 4 heteroatoms. The zero-order valence-corrected chi connectivity index (χ0v) is 9.48. The van der Waals surface area contributed by atoms with E-state index >= 15 is 0 Å². The maximum atomic E-state index is 8.51. The summed E-state index contributed by atoms with van der Waals surface area (Å²) in [5, 5.41) is 12.6. The molecule has 0 unspecified atom stereocenters. The quantitative estimate of drug-likeness (QED) is 0.702. The Balaban J connectivity index is 2.31. The molecule has 15 heavy (non-hydrogen) atoms. The third-order valence-corrected chi connectivity index (χ3v) is 2.46. The molecule has 0 N–H and O–H groups in total. The summed E-state index contributed by atoms with van der Waals surface area (Å²) in [5.41, 5.74) is 1.26. The molecule has 0 radical (unpaired) electrons. The molecular formula is C11H18N4. The van der Waals surface area contributed by atoms with Crippen molar-refractivity contribution in [3.63, 3.8) is 0 Å². The zero-order chi connectivity index (χ0) is 11.1. The van der Waals surface area contributed by atoms with E-state index in [1.807, 2.05) is 24.1 Å². The van der Waals surface area contributed by atoms with Crippen molar-refractivity contribution in [1.82, 2.24) is 14.7 Å². The van der Waals surface area contributed by atoms with Crippen molar-refractivity contribution < 1.29 is 0 Å². The number of nitriles is 1. The average molecular weight is 206 g/mol. The third kappa shape index (κ3) is 4.13. The summed E-state index contributed by atoms with van der Waals surface area (Å²) >= 11 is 0. The Hall–Kier alpha value is -1.34. The highest BCUT2D eigenvalue weighted by atomic mass is 15.2. The summed E-state index contributed by atoms with van der Waals surface area (Å²) in [7, 11) is 1.93. The second-order valence-corrected chi connectivity index (χ2v) is 3.61. The number of rotatable bonds is 6. The highest BCUT2D eigenvalue weighted by molar-refractivity contribution is 5.03. The summed E-state index contributed by atoms with van der Waals surface area (Å²) in [4.78, 5) is 2.29. The average Bonchev–Trinajstić information content (AvgIpc) is 2.65. The minimum Gasteiger partial charge on any atom is -0.302 e. The van der Waals surface area contributed by atoms with E-state index in [0.717, 1.165) is 26.1 Å². The van der Waals surface area contributed by atoms with Crippen LogP contribution in [0.3, 0.4) is 0 Å². The van der Waals surface area contributed by atoms with Crippen molar-refractivity contribution in [2.75, 3.05) is 19.6 Å². The Morgan fingerprint density at radius 1 is 1.53 bits per heavy atom. The van der Waals surface area contributed by atoms with Crippen LogP contribution in [0.4, 0.5) is 0 Å². The highest BCUT2D eigenvalue weighted by Gasteiger charge is 2.03. The second kappa shape index (κ2) is 6.20. The van der Waals surface area contributed by atoms with E-state index in [2.05, 4.69) is 23.0 Å². The number of hydrogen-bond acceptors (Lipinski definition) is 3. The van der Waals surface area contributed by atoms with Gasteiger partial charge in [-0.15, -0.1) is 0 Å². The lowest BCUT2D eigenvalue weighted by molar-refractivity contribution is 0.298. The van der Waals surface area contributed by atoms with Gasteiger partial charge in [0.2, 0.25) is 0 Å². The molecule has 0 spiro atoms. The van der Waals surface area contributed by atoms with Crippen LogP contribution in [-0.2, 0) is 13.5 Å². The molecule has 1 heterocycles. The van der Waals surface area contributed by atoms with Crippen LogP contribution in [0.5, 0.6) is 0 Å². The number of aromatic nitrogens is 2. The predicted octanol–water partition coefficient (Wildman–Crippen LogP) is 1.20. The van der Waals surface area contributed by atoms with E-state index in [0.29, 0.717) is 6.42 Å². The largest absolute Gasteiger partial charge is 0.302 e. The Morgan fingerprint density at radius 2 is 2.33 bits per heavy atom. The van der Waals surface area contributed by atoms with Gasteiger partial charge in [-0.1, -0.05) is 6.92 Å². The van der Waals surface area contributed by atoms with Crippen LogP contribution >= 0.6 is 0 Å². The molecule has 0 aliphatic heterocycles. The van der Waals surface area contributed by atoms with Gasteiger partial charge in [-0.25, -0.2) is 0 Å². The molecule has 0 fully saturated rings. The van der Waals surface area contributed by atoms with Crippen LogP contribution in [0, 0.1) is 11.3 Å². The molecule has 4 nitrogen and oxygen atoms in total. The molecule has 0 aromatic carbocycles. The van der Waals surface area contributed by atoms with Crippen LogP contribution in [0.15, 0.2) is 12.4 Å². The fraction of sp³-hybridized carbons (Fsp3) is 0.636. The van der Waals surface area contributed by atoms with Gasteiger partial charge >= 0.3 is 0 Å². The maximum absolute atomic E-state index is 8.51. The second-order valence-electron chi connectivity index (χ2n) is 3.61. The summed E-state index contributed by atoms with van der Waals surface area (Å²) in [6, 6.07) is 2.18. The topological polar surface area (TPSA) is 44.9 Å². The van der Waals surface area contributed by atoms with Crippen LogP contribution in [0.2, 0.25) is 0 Å². The first-order valence-corrected chi connectivity index (χ1v) is 5.33. The first-order chi connectivity index (χ1) is 7.26. The van der Waals surface area contributed by atoms with Crippen molar-refractivity contribution in [1.29, 1.82) is 5.26 Å².